The molecule has 2 aromatic carbocycles. The van der Waals surface area contributed by atoms with E-state index < -0.39 is 0 Å². The van der Waals surface area contributed by atoms with Crippen LogP contribution >= 0.6 is 0 Å². The number of hydrogen-bond donors (Lipinski definition) is 2. The first-order valence-electron chi connectivity index (χ1n) is 7.38. The topological polar surface area (TPSA) is 76.2 Å². The van der Waals surface area contributed by atoms with Crippen molar-refractivity contribution in [1.82, 2.24) is 10.2 Å². The molecule has 0 unspecified atom stereocenters. The Kier molecular flexibility index (Phi) is 4.88. The zero-order valence-corrected chi connectivity index (χ0v) is 13.2. The molecule has 0 radical (unpaired) electrons. The maximum absolute atomic E-state index is 12.0. The molecule has 0 saturated heterocycles. The fourth-order valence-electron chi connectivity index (χ4n) is 2.17. The number of nitrogens with one attached hydrogen (secondary N) is 2. The molecule has 3 rings (SSSR count). The number of aromatic amines is 1. The van der Waals surface area contributed by atoms with Gasteiger partial charge in [0.05, 0.1) is 11.7 Å². The lowest BCUT2D eigenvalue weighted by atomic mass is 10.2. The first-order chi connectivity index (χ1) is 11.7. The van der Waals surface area contributed by atoms with Crippen LogP contribution in [-0.4, -0.2) is 30.0 Å². The van der Waals surface area contributed by atoms with Gasteiger partial charge in [-0.2, -0.15) is 5.10 Å². The zero-order chi connectivity index (χ0) is 16.8. The SMILES string of the molecule is COCOc1ccc(/C=C/C(=O)Nc2ccc3cn[nH]c3c2)cc1. The van der Waals surface area contributed by atoms with Crippen molar-refractivity contribution in [1.29, 1.82) is 0 Å². The Bertz CT molecular complexity index is 853. The van der Waals surface area contributed by atoms with Gasteiger partial charge in [0.2, 0.25) is 5.91 Å². The van der Waals surface area contributed by atoms with Crippen LogP contribution < -0.4 is 10.1 Å². The second-order valence-electron chi connectivity index (χ2n) is 5.11. The highest BCUT2D eigenvalue weighted by atomic mass is 16.7. The number of ether oxygens (including phenoxy) is 2. The average Bonchev–Trinajstić information content (AvgIpc) is 3.07. The largest absolute Gasteiger partial charge is 0.468 e. The van der Waals surface area contributed by atoms with Gasteiger partial charge in [-0.05, 0) is 42.0 Å². The van der Waals surface area contributed by atoms with Gasteiger partial charge in [-0.15, -0.1) is 0 Å². The van der Waals surface area contributed by atoms with Crippen LogP contribution in [0, 0.1) is 0 Å². The van der Waals surface area contributed by atoms with Crippen molar-refractivity contribution >= 4 is 28.6 Å². The third-order valence-corrected chi connectivity index (χ3v) is 3.36. The Morgan fingerprint density at radius 3 is 2.88 bits per heavy atom. The summed E-state index contributed by atoms with van der Waals surface area (Å²) in [5.41, 5.74) is 2.49. The fourth-order valence-corrected chi connectivity index (χ4v) is 2.17. The third kappa shape index (κ3) is 3.99. The van der Waals surface area contributed by atoms with Crippen molar-refractivity contribution in [2.45, 2.75) is 0 Å². The molecule has 24 heavy (non-hydrogen) atoms. The highest BCUT2D eigenvalue weighted by Crippen LogP contribution is 2.17. The van der Waals surface area contributed by atoms with Gasteiger partial charge in [-0.25, -0.2) is 0 Å². The molecule has 0 aliphatic carbocycles. The number of benzene rings is 2. The summed E-state index contributed by atoms with van der Waals surface area (Å²) in [6, 6.07) is 13.0. The Morgan fingerprint density at radius 2 is 2.08 bits per heavy atom. The number of hydrogen-bond acceptors (Lipinski definition) is 4. The number of H-pyrrole nitrogens is 1. The number of carbonyl (C=O) groups excluding carboxylic acids is 1. The van der Waals surface area contributed by atoms with Crippen LogP contribution in [0.2, 0.25) is 0 Å². The smallest absolute Gasteiger partial charge is 0.248 e. The average molecular weight is 323 g/mol. The first kappa shape index (κ1) is 15.8. The standard InChI is InChI=1S/C18H17N3O3/c1-23-12-24-16-7-2-13(3-8-16)4-9-18(22)20-15-6-5-14-11-19-21-17(14)10-15/h2-11H,12H2,1H3,(H,19,21)(H,20,22)/b9-4+. The maximum atomic E-state index is 12.0. The number of aromatic nitrogens is 2. The molecule has 0 spiro atoms. The van der Waals surface area contributed by atoms with Gasteiger partial charge in [0, 0.05) is 24.3 Å². The number of methoxy groups -OCH3 is 1. The minimum absolute atomic E-state index is 0.200. The van der Waals surface area contributed by atoms with E-state index in [1.807, 2.05) is 42.5 Å². The Balaban J connectivity index is 1.60. The summed E-state index contributed by atoms with van der Waals surface area (Å²) >= 11 is 0. The number of anilines is 1. The molecular weight excluding hydrogens is 306 g/mol. The minimum atomic E-state index is -0.200. The lowest BCUT2D eigenvalue weighted by molar-refractivity contribution is -0.111. The summed E-state index contributed by atoms with van der Waals surface area (Å²) in [5, 5.41) is 10.6. The molecule has 3 aromatic rings. The highest BCUT2D eigenvalue weighted by Gasteiger charge is 2.01. The monoisotopic (exact) mass is 323 g/mol. The normalized spacial score (nSPS) is 11.0. The Hall–Kier alpha value is -3.12. The van der Waals surface area contributed by atoms with Crippen LogP contribution in [0.4, 0.5) is 5.69 Å². The van der Waals surface area contributed by atoms with Crippen LogP contribution in [0.25, 0.3) is 17.0 Å². The third-order valence-electron chi connectivity index (χ3n) is 3.36. The van der Waals surface area contributed by atoms with E-state index in [0.717, 1.165) is 16.5 Å². The number of carbonyl (C=O) groups is 1. The number of fused-ring (bicyclic) bond motifs is 1. The number of nitrogens with zero attached hydrogens (tertiary/aromatic N) is 1. The van der Waals surface area contributed by atoms with Crippen molar-refractivity contribution in [3.05, 3.63) is 60.3 Å². The summed E-state index contributed by atoms with van der Waals surface area (Å²) in [5.74, 6) is 0.514. The second kappa shape index (κ2) is 7.43. The van der Waals surface area contributed by atoms with Crippen molar-refractivity contribution in [3.63, 3.8) is 0 Å². The minimum Gasteiger partial charge on any atom is -0.468 e. The Morgan fingerprint density at radius 1 is 1.25 bits per heavy atom. The van der Waals surface area contributed by atoms with E-state index in [1.54, 1.807) is 19.4 Å². The van der Waals surface area contributed by atoms with Crippen LogP contribution in [0.3, 0.4) is 0 Å². The predicted molar refractivity (Wildman–Crippen MR) is 92.7 cm³/mol. The molecule has 0 atom stereocenters. The van der Waals surface area contributed by atoms with Crippen LogP contribution in [-0.2, 0) is 9.53 Å². The van der Waals surface area contributed by atoms with Crippen LogP contribution in [0.15, 0.2) is 54.7 Å². The van der Waals surface area contributed by atoms with Crippen molar-refractivity contribution in [2.75, 3.05) is 19.2 Å². The second-order valence-corrected chi connectivity index (χ2v) is 5.11. The van der Waals surface area contributed by atoms with E-state index in [1.165, 1.54) is 6.08 Å². The van der Waals surface area contributed by atoms with Crippen molar-refractivity contribution in [3.8, 4) is 5.75 Å². The lowest BCUT2D eigenvalue weighted by Crippen LogP contribution is -2.07. The van der Waals surface area contributed by atoms with Crippen molar-refractivity contribution in [2.24, 2.45) is 0 Å². The molecule has 0 bridgehead atoms. The van der Waals surface area contributed by atoms with Gasteiger partial charge in [0.25, 0.3) is 0 Å². The van der Waals surface area contributed by atoms with Gasteiger partial charge < -0.3 is 14.8 Å². The van der Waals surface area contributed by atoms with E-state index in [2.05, 4.69) is 15.5 Å². The number of rotatable bonds is 6. The molecule has 6 nitrogen and oxygen atoms in total. The van der Waals surface area contributed by atoms with Crippen molar-refractivity contribution < 1.29 is 14.3 Å². The molecule has 6 heteroatoms. The van der Waals surface area contributed by atoms with Crippen LogP contribution in [0.1, 0.15) is 5.56 Å². The van der Waals surface area contributed by atoms with Gasteiger partial charge in [-0.3, -0.25) is 9.89 Å². The van der Waals surface area contributed by atoms with E-state index in [-0.39, 0.29) is 12.7 Å². The van der Waals surface area contributed by atoms with Crippen LogP contribution in [0.5, 0.6) is 5.75 Å². The molecule has 0 aliphatic heterocycles. The van der Waals surface area contributed by atoms with Gasteiger partial charge in [-0.1, -0.05) is 12.1 Å². The molecule has 2 N–H and O–H groups in total. The molecule has 1 heterocycles. The summed E-state index contributed by atoms with van der Waals surface area (Å²) < 4.78 is 10.1. The molecule has 122 valence electrons. The lowest BCUT2D eigenvalue weighted by Gasteiger charge is -2.04. The van der Waals surface area contributed by atoms with E-state index in [4.69, 9.17) is 9.47 Å². The Labute approximate surface area is 139 Å². The molecule has 1 aromatic heterocycles. The summed E-state index contributed by atoms with van der Waals surface area (Å²) in [6.45, 7) is 0.207. The van der Waals surface area contributed by atoms with Gasteiger partial charge in [0.1, 0.15) is 5.75 Å². The summed E-state index contributed by atoms with van der Waals surface area (Å²) in [6.07, 6.45) is 4.97. The van der Waals surface area contributed by atoms with E-state index in [9.17, 15) is 4.79 Å². The fraction of sp³-hybridized carbons (Fsp3) is 0.111. The summed E-state index contributed by atoms with van der Waals surface area (Å²) in [7, 11) is 1.57. The molecule has 0 fully saturated rings. The van der Waals surface area contributed by atoms with E-state index in [0.29, 0.717) is 11.4 Å². The maximum Gasteiger partial charge on any atom is 0.248 e. The molecule has 1 amide bonds. The zero-order valence-electron chi connectivity index (χ0n) is 13.2. The molecule has 0 aliphatic rings. The molecule has 0 saturated carbocycles. The van der Waals surface area contributed by atoms with Gasteiger partial charge in [0.15, 0.2) is 6.79 Å². The first-order valence-corrected chi connectivity index (χ1v) is 7.38. The molecular formula is C18H17N3O3. The predicted octanol–water partition coefficient (Wildman–Crippen LogP) is 3.20. The summed E-state index contributed by atoms with van der Waals surface area (Å²) in [4.78, 5) is 12.0. The number of amides is 1. The van der Waals surface area contributed by atoms with Gasteiger partial charge >= 0.3 is 0 Å². The van der Waals surface area contributed by atoms with E-state index >= 15 is 0 Å². The quantitative estimate of drug-likeness (QED) is 0.539. The highest BCUT2D eigenvalue weighted by molar-refractivity contribution is 6.02.